The lowest BCUT2D eigenvalue weighted by Crippen LogP contribution is -2.53. The third-order valence-electron chi connectivity index (χ3n) is 6.20. The van der Waals surface area contributed by atoms with Gasteiger partial charge in [-0.3, -0.25) is 4.99 Å². The molecule has 2 unspecified atom stereocenters. The maximum atomic E-state index is 13.4. The van der Waals surface area contributed by atoms with Crippen molar-refractivity contribution in [2.75, 3.05) is 0 Å². The van der Waals surface area contributed by atoms with Crippen LogP contribution in [0.4, 0.5) is 0 Å². The van der Waals surface area contributed by atoms with Crippen LogP contribution < -0.4 is 0 Å². The average Bonchev–Trinajstić information content (AvgIpc) is 3.22. The van der Waals surface area contributed by atoms with Gasteiger partial charge < -0.3 is 10.0 Å². The van der Waals surface area contributed by atoms with Crippen molar-refractivity contribution in [3.05, 3.63) is 144 Å². The number of rotatable bonds is 6. The second kappa shape index (κ2) is 8.75. The van der Waals surface area contributed by atoms with E-state index in [4.69, 9.17) is 4.99 Å². The van der Waals surface area contributed by atoms with Crippen molar-refractivity contribution < 1.29 is 9.90 Å². The summed E-state index contributed by atoms with van der Waals surface area (Å²) in [7, 11) is 0. The molecule has 1 N–H and O–H groups in total. The number of benzene rings is 4. The second-order valence-corrected chi connectivity index (χ2v) is 8.14. The largest absolute Gasteiger partial charge is 0.479 e. The van der Waals surface area contributed by atoms with Crippen LogP contribution in [0.5, 0.6) is 0 Å². The van der Waals surface area contributed by atoms with Crippen molar-refractivity contribution in [3.8, 4) is 0 Å². The molecule has 0 aromatic heterocycles. The Kier molecular flexibility index (Phi) is 5.49. The van der Waals surface area contributed by atoms with Crippen molar-refractivity contribution in [2.45, 2.75) is 18.1 Å². The van der Waals surface area contributed by atoms with Gasteiger partial charge in [-0.2, -0.15) is 0 Å². The monoisotopic (exact) mass is 432 g/mol. The van der Waals surface area contributed by atoms with Crippen LogP contribution in [0, 0.1) is 0 Å². The predicted octanol–water partition coefficient (Wildman–Crippen LogP) is 5.67. The van der Waals surface area contributed by atoms with E-state index in [0.29, 0.717) is 17.9 Å². The van der Waals surface area contributed by atoms with Crippen LogP contribution in [0.25, 0.3) is 0 Å². The summed E-state index contributed by atoms with van der Waals surface area (Å²) in [5, 5.41) is 10.9. The lowest BCUT2D eigenvalue weighted by molar-refractivity contribution is -0.150. The number of aliphatic imine (C=N–C) groups is 1. The minimum Gasteiger partial charge on any atom is -0.479 e. The number of carboxylic acid groups (broad SMARTS) is 1. The normalized spacial score (nSPS) is 19.8. The molecule has 1 aliphatic rings. The van der Waals surface area contributed by atoms with E-state index in [1.54, 1.807) is 0 Å². The standard InChI is InChI=1S/C29H24N2O2/c32-28(33)29(25-19-11-4-12-20-25)26(23-15-7-2-8-16-23)30-27(24-17-9-3-10-18-24)31(29)21-22-13-5-1-6-14-22/h1-20,26H,21H2,(H,32,33). The minimum absolute atomic E-state index is 0.416. The van der Waals surface area contributed by atoms with E-state index in [2.05, 4.69) is 0 Å². The molecule has 0 spiro atoms. The Morgan fingerprint density at radius 2 is 1.27 bits per heavy atom. The number of hydrogen-bond acceptors (Lipinski definition) is 3. The molecule has 4 heteroatoms. The SMILES string of the molecule is O=C(O)C1(c2ccccc2)C(c2ccccc2)N=C(c2ccccc2)N1Cc1ccccc1. The summed E-state index contributed by atoms with van der Waals surface area (Å²) >= 11 is 0. The summed E-state index contributed by atoms with van der Waals surface area (Å²) in [4.78, 5) is 20.5. The second-order valence-electron chi connectivity index (χ2n) is 8.14. The molecule has 1 heterocycles. The Morgan fingerprint density at radius 3 is 1.85 bits per heavy atom. The number of hydrogen-bond donors (Lipinski definition) is 1. The Balaban J connectivity index is 1.79. The van der Waals surface area contributed by atoms with Gasteiger partial charge in [-0.1, -0.05) is 121 Å². The van der Waals surface area contributed by atoms with E-state index in [9.17, 15) is 9.90 Å². The van der Waals surface area contributed by atoms with Gasteiger partial charge in [-0.05, 0) is 16.7 Å². The van der Waals surface area contributed by atoms with Gasteiger partial charge in [-0.15, -0.1) is 0 Å². The average molecular weight is 433 g/mol. The molecular formula is C29H24N2O2. The molecule has 0 saturated carbocycles. The highest BCUT2D eigenvalue weighted by Crippen LogP contribution is 2.49. The van der Waals surface area contributed by atoms with E-state index in [1.165, 1.54) is 0 Å². The molecule has 0 fully saturated rings. The van der Waals surface area contributed by atoms with E-state index in [-0.39, 0.29) is 0 Å². The van der Waals surface area contributed by atoms with Gasteiger partial charge in [0.25, 0.3) is 0 Å². The smallest absolute Gasteiger partial charge is 0.336 e. The zero-order chi connectivity index (χ0) is 22.7. The maximum absolute atomic E-state index is 13.4. The van der Waals surface area contributed by atoms with Crippen LogP contribution >= 0.6 is 0 Å². The highest BCUT2D eigenvalue weighted by atomic mass is 16.4. The molecule has 2 atom stereocenters. The third-order valence-corrected chi connectivity index (χ3v) is 6.20. The van der Waals surface area contributed by atoms with Gasteiger partial charge in [0.1, 0.15) is 11.9 Å². The van der Waals surface area contributed by atoms with Gasteiger partial charge in [0.15, 0.2) is 5.54 Å². The molecule has 0 amide bonds. The fourth-order valence-electron chi connectivity index (χ4n) is 4.70. The lowest BCUT2D eigenvalue weighted by atomic mass is 9.78. The van der Waals surface area contributed by atoms with Crippen molar-refractivity contribution >= 4 is 11.8 Å². The molecular weight excluding hydrogens is 408 g/mol. The molecule has 4 aromatic carbocycles. The molecule has 5 rings (SSSR count). The van der Waals surface area contributed by atoms with Crippen molar-refractivity contribution in [1.29, 1.82) is 0 Å². The van der Waals surface area contributed by atoms with Gasteiger partial charge in [0, 0.05) is 12.1 Å². The molecule has 0 radical (unpaired) electrons. The molecule has 33 heavy (non-hydrogen) atoms. The number of aliphatic carboxylic acids is 1. The Bertz CT molecular complexity index is 1260. The Morgan fingerprint density at radius 1 is 0.758 bits per heavy atom. The van der Waals surface area contributed by atoms with Crippen molar-refractivity contribution in [2.24, 2.45) is 4.99 Å². The van der Waals surface area contributed by atoms with E-state index in [0.717, 1.165) is 16.7 Å². The van der Waals surface area contributed by atoms with Gasteiger partial charge in [0.2, 0.25) is 0 Å². The number of amidine groups is 1. The van der Waals surface area contributed by atoms with E-state index < -0.39 is 17.6 Å². The summed E-state index contributed by atoms with van der Waals surface area (Å²) in [6.45, 7) is 0.416. The minimum atomic E-state index is -1.40. The fraction of sp³-hybridized carbons (Fsp3) is 0.103. The molecule has 162 valence electrons. The Labute approximate surface area is 193 Å². The highest BCUT2D eigenvalue weighted by Gasteiger charge is 2.58. The summed E-state index contributed by atoms with van der Waals surface area (Å²) in [5.74, 6) is -0.243. The van der Waals surface area contributed by atoms with Crippen molar-refractivity contribution in [1.82, 2.24) is 4.90 Å². The first kappa shape index (κ1) is 20.7. The summed E-state index contributed by atoms with van der Waals surface area (Å²) < 4.78 is 0. The Hall–Kier alpha value is -4.18. The summed E-state index contributed by atoms with van der Waals surface area (Å²) in [6.07, 6.45) is 0. The predicted molar refractivity (Wildman–Crippen MR) is 130 cm³/mol. The van der Waals surface area contributed by atoms with Gasteiger partial charge >= 0.3 is 5.97 Å². The van der Waals surface area contributed by atoms with Crippen LogP contribution in [-0.4, -0.2) is 21.8 Å². The zero-order valence-corrected chi connectivity index (χ0v) is 18.1. The van der Waals surface area contributed by atoms with E-state index >= 15 is 0 Å². The molecule has 0 saturated heterocycles. The maximum Gasteiger partial charge on any atom is 0.336 e. The molecule has 4 nitrogen and oxygen atoms in total. The molecule has 0 aliphatic carbocycles. The van der Waals surface area contributed by atoms with Crippen LogP contribution in [0.1, 0.15) is 28.3 Å². The van der Waals surface area contributed by atoms with Crippen LogP contribution in [0.15, 0.2) is 126 Å². The van der Waals surface area contributed by atoms with E-state index in [1.807, 2.05) is 126 Å². The molecule has 4 aromatic rings. The number of carboxylic acids is 1. The summed E-state index contributed by atoms with van der Waals surface area (Å²) in [5.41, 5.74) is 2.10. The zero-order valence-electron chi connectivity index (χ0n) is 18.1. The van der Waals surface area contributed by atoms with Gasteiger partial charge in [-0.25, -0.2) is 4.79 Å². The fourth-order valence-corrected chi connectivity index (χ4v) is 4.70. The summed E-state index contributed by atoms with van der Waals surface area (Å²) in [6, 6.07) is 38.4. The molecule has 0 bridgehead atoms. The highest BCUT2D eigenvalue weighted by molar-refractivity contribution is 6.04. The lowest BCUT2D eigenvalue weighted by Gasteiger charge is -2.40. The first-order valence-electron chi connectivity index (χ1n) is 11.0. The van der Waals surface area contributed by atoms with Crippen LogP contribution in [-0.2, 0) is 16.9 Å². The number of nitrogens with zero attached hydrogens (tertiary/aromatic N) is 2. The van der Waals surface area contributed by atoms with Crippen LogP contribution in [0.2, 0.25) is 0 Å². The third kappa shape index (κ3) is 3.60. The van der Waals surface area contributed by atoms with Gasteiger partial charge in [0.05, 0.1) is 0 Å². The quantitative estimate of drug-likeness (QED) is 0.427. The topological polar surface area (TPSA) is 52.9 Å². The van der Waals surface area contributed by atoms with Crippen molar-refractivity contribution in [3.63, 3.8) is 0 Å². The first-order valence-corrected chi connectivity index (χ1v) is 11.0. The first-order chi connectivity index (χ1) is 16.2. The van der Waals surface area contributed by atoms with Crippen LogP contribution in [0.3, 0.4) is 0 Å². The number of carbonyl (C=O) groups is 1. The molecule has 1 aliphatic heterocycles.